The smallest absolute Gasteiger partial charge is 0.329 e. The minimum Gasteiger partial charge on any atom is -0.490 e. The fourth-order valence-corrected chi connectivity index (χ4v) is 4.72. The molecule has 1 N–H and O–H groups in total. The Balaban J connectivity index is 2.32. The van der Waals surface area contributed by atoms with Crippen molar-refractivity contribution in [2.24, 2.45) is 0 Å². The van der Waals surface area contributed by atoms with Crippen molar-refractivity contribution in [2.75, 3.05) is 40.5 Å². The molecule has 0 aliphatic heterocycles. The fraction of sp³-hybridized carbons (Fsp3) is 0.767. The molecule has 0 spiro atoms. The molecule has 0 aliphatic carbocycles. The SMILES string of the molecule is CCCCCCCCCCCCCc1cccc(OCC(COP(O)OCCCN(C)C)OC(=O)CC)c1. The van der Waals surface area contributed by atoms with Gasteiger partial charge in [0.25, 0.3) is 0 Å². The van der Waals surface area contributed by atoms with Gasteiger partial charge in [0, 0.05) is 6.42 Å². The van der Waals surface area contributed by atoms with Gasteiger partial charge in [0.05, 0.1) is 13.2 Å². The Labute approximate surface area is 233 Å². The number of carbonyl (C=O) groups is 1. The third-order valence-corrected chi connectivity index (χ3v) is 7.09. The van der Waals surface area contributed by atoms with Crippen LogP contribution in [0.3, 0.4) is 0 Å². The predicted octanol–water partition coefficient (Wildman–Crippen LogP) is 7.44. The van der Waals surface area contributed by atoms with E-state index < -0.39 is 14.7 Å². The van der Waals surface area contributed by atoms with E-state index in [9.17, 15) is 9.69 Å². The highest BCUT2D eigenvalue weighted by Crippen LogP contribution is 2.33. The van der Waals surface area contributed by atoms with Crippen molar-refractivity contribution in [2.45, 2.75) is 110 Å². The van der Waals surface area contributed by atoms with Gasteiger partial charge in [0.1, 0.15) is 12.4 Å². The maximum Gasteiger partial charge on any atom is 0.329 e. The molecule has 1 aromatic carbocycles. The predicted molar refractivity (Wildman–Crippen MR) is 156 cm³/mol. The molecule has 7 nitrogen and oxygen atoms in total. The number of esters is 1. The van der Waals surface area contributed by atoms with E-state index in [1.54, 1.807) is 6.92 Å². The molecule has 0 heterocycles. The average molecular weight is 556 g/mol. The number of aryl methyl sites for hydroxylation is 1. The molecule has 0 amide bonds. The van der Waals surface area contributed by atoms with Crippen molar-refractivity contribution < 1.29 is 28.2 Å². The van der Waals surface area contributed by atoms with Gasteiger partial charge in [-0.25, -0.2) is 0 Å². The van der Waals surface area contributed by atoms with Gasteiger partial charge in [-0.3, -0.25) is 4.79 Å². The van der Waals surface area contributed by atoms with Gasteiger partial charge in [0.2, 0.25) is 0 Å². The van der Waals surface area contributed by atoms with Crippen LogP contribution in [0.1, 0.15) is 103 Å². The lowest BCUT2D eigenvalue weighted by atomic mass is 10.0. The van der Waals surface area contributed by atoms with Gasteiger partial charge in [-0.1, -0.05) is 90.2 Å². The van der Waals surface area contributed by atoms with Crippen LogP contribution in [0.5, 0.6) is 5.75 Å². The van der Waals surface area contributed by atoms with Crippen molar-refractivity contribution in [1.29, 1.82) is 0 Å². The number of ether oxygens (including phenoxy) is 2. The zero-order chi connectivity index (χ0) is 27.8. The molecule has 8 heteroatoms. The van der Waals surface area contributed by atoms with E-state index >= 15 is 0 Å². The van der Waals surface area contributed by atoms with Crippen molar-refractivity contribution >= 4 is 14.6 Å². The summed E-state index contributed by atoms with van der Waals surface area (Å²) < 4.78 is 22.1. The highest BCUT2D eigenvalue weighted by molar-refractivity contribution is 7.40. The molecular formula is C30H54NO6P. The van der Waals surface area contributed by atoms with Crippen molar-refractivity contribution in [3.05, 3.63) is 29.8 Å². The molecule has 0 fully saturated rings. The molecule has 220 valence electrons. The lowest BCUT2D eigenvalue weighted by Crippen LogP contribution is -2.29. The zero-order valence-corrected chi connectivity index (χ0v) is 25.4. The monoisotopic (exact) mass is 555 g/mol. The number of benzene rings is 1. The van der Waals surface area contributed by atoms with Crippen LogP contribution < -0.4 is 4.74 Å². The first-order valence-corrected chi connectivity index (χ1v) is 15.9. The lowest BCUT2D eigenvalue weighted by Gasteiger charge is -2.20. The molecule has 38 heavy (non-hydrogen) atoms. The van der Waals surface area contributed by atoms with Crippen LogP contribution in [-0.2, 0) is 25.0 Å². The van der Waals surface area contributed by atoms with E-state index in [2.05, 4.69) is 24.0 Å². The molecule has 0 radical (unpaired) electrons. The van der Waals surface area contributed by atoms with E-state index in [0.717, 1.165) is 25.1 Å². The highest BCUT2D eigenvalue weighted by Gasteiger charge is 2.18. The van der Waals surface area contributed by atoms with Crippen LogP contribution in [0, 0.1) is 0 Å². The Morgan fingerprint density at radius 1 is 0.895 bits per heavy atom. The largest absolute Gasteiger partial charge is 0.490 e. The maximum atomic E-state index is 11.9. The maximum absolute atomic E-state index is 11.9. The summed E-state index contributed by atoms with van der Waals surface area (Å²) in [5, 5.41) is 0. The van der Waals surface area contributed by atoms with Crippen molar-refractivity contribution in [3.8, 4) is 5.75 Å². The van der Waals surface area contributed by atoms with E-state index in [1.165, 1.54) is 76.2 Å². The second-order valence-electron chi connectivity index (χ2n) is 10.2. The summed E-state index contributed by atoms with van der Waals surface area (Å²) in [5.74, 6) is 0.413. The van der Waals surface area contributed by atoms with E-state index in [-0.39, 0.29) is 25.6 Å². The average Bonchev–Trinajstić information content (AvgIpc) is 2.91. The standard InChI is InChI=1S/C30H54NO6P/c1-5-7-8-9-10-11-12-13-14-15-16-19-27-20-17-21-28(24-27)34-25-29(37-30(32)6-2)26-36-38(33)35-23-18-22-31(3)4/h17,20-21,24,29,33H,5-16,18-19,22-23,25-26H2,1-4H3. The van der Waals surface area contributed by atoms with Gasteiger partial charge in [-0.05, 0) is 57.6 Å². The van der Waals surface area contributed by atoms with Gasteiger partial charge in [-0.15, -0.1) is 0 Å². The molecule has 0 saturated heterocycles. The highest BCUT2D eigenvalue weighted by atomic mass is 31.2. The number of unbranched alkanes of at least 4 members (excludes halogenated alkanes) is 10. The summed E-state index contributed by atoms with van der Waals surface area (Å²) in [4.78, 5) is 23.9. The van der Waals surface area contributed by atoms with E-state index in [1.807, 2.05) is 26.2 Å². The summed E-state index contributed by atoms with van der Waals surface area (Å²) in [6, 6.07) is 8.10. The molecular weight excluding hydrogens is 501 g/mol. The first kappa shape index (κ1) is 34.8. The summed E-state index contributed by atoms with van der Waals surface area (Å²) in [7, 11) is 1.94. The molecule has 2 atom stereocenters. The van der Waals surface area contributed by atoms with Crippen LogP contribution in [0.2, 0.25) is 0 Å². The minimum atomic E-state index is -2.03. The fourth-order valence-electron chi connectivity index (χ4n) is 4.07. The molecule has 0 bridgehead atoms. The van der Waals surface area contributed by atoms with Crippen LogP contribution in [0.4, 0.5) is 0 Å². The van der Waals surface area contributed by atoms with E-state index in [0.29, 0.717) is 6.61 Å². The Morgan fingerprint density at radius 2 is 1.55 bits per heavy atom. The molecule has 1 aromatic rings. The summed E-state index contributed by atoms with van der Waals surface area (Å²) in [6.45, 7) is 5.44. The van der Waals surface area contributed by atoms with Gasteiger partial charge in [-0.2, -0.15) is 0 Å². The Kier molecular flexibility index (Phi) is 21.6. The number of carbonyl (C=O) groups excluding carboxylic acids is 1. The van der Waals surface area contributed by atoms with Crippen LogP contribution >= 0.6 is 8.60 Å². The van der Waals surface area contributed by atoms with Crippen molar-refractivity contribution in [1.82, 2.24) is 4.90 Å². The first-order chi connectivity index (χ1) is 18.4. The molecule has 2 unspecified atom stereocenters. The quantitative estimate of drug-likeness (QED) is 0.0763. The first-order valence-electron chi connectivity index (χ1n) is 14.7. The summed E-state index contributed by atoms with van der Waals surface area (Å²) in [5.41, 5.74) is 1.25. The third-order valence-electron chi connectivity index (χ3n) is 6.31. The number of hydrogen-bond donors (Lipinski definition) is 1. The molecule has 0 aliphatic rings. The number of nitrogens with zero attached hydrogens (tertiary/aromatic N) is 1. The Morgan fingerprint density at radius 3 is 2.18 bits per heavy atom. The molecule has 0 aromatic heterocycles. The van der Waals surface area contributed by atoms with Gasteiger partial charge < -0.3 is 28.3 Å². The number of rotatable bonds is 25. The third kappa shape index (κ3) is 19.8. The topological polar surface area (TPSA) is 77.5 Å². The Bertz CT molecular complexity index is 705. The second-order valence-corrected chi connectivity index (χ2v) is 11.2. The van der Waals surface area contributed by atoms with Crippen LogP contribution in [-0.4, -0.2) is 62.3 Å². The normalized spacial score (nSPS) is 13.0. The van der Waals surface area contributed by atoms with Crippen molar-refractivity contribution in [3.63, 3.8) is 0 Å². The second kappa shape index (κ2) is 23.6. The zero-order valence-electron chi connectivity index (χ0n) is 24.5. The number of hydrogen-bond acceptors (Lipinski definition) is 7. The van der Waals surface area contributed by atoms with Gasteiger partial charge in [0.15, 0.2) is 6.10 Å². The van der Waals surface area contributed by atoms with Crippen LogP contribution in [0.25, 0.3) is 0 Å². The lowest BCUT2D eigenvalue weighted by molar-refractivity contribution is -0.152. The minimum absolute atomic E-state index is 0.0139. The summed E-state index contributed by atoms with van der Waals surface area (Å²) in [6.07, 6.45) is 16.2. The van der Waals surface area contributed by atoms with E-state index in [4.69, 9.17) is 18.5 Å². The summed E-state index contributed by atoms with van der Waals surface area (Å²) >= 11 is 0. The molecule has 1 rings (SSSR count). The Hall–Kier alpha value is -1.24. The van der Waals surface area contributed by atoms with Gasteiger partial charge >= 0.3 is 14.6 Å². The molecule has 0 saturated carbocycles. The van der Waals surface area contributed by atoms with Crippen LogP contribution in [0.15, 0.2) is 24.3 Å².